The van der Waals surface area contributed by atoms with Crippen molar-refractivity contribution in [2.75, 3.05) is 39.9 Å². The topological polar surface area (TPSA) is 276 Å². The van der Waals surface area contributed by atoms with Gasteiger partial charge in [0, 0.05) is 87.1 Å². The van der Waals surface area contributed by atoms with Gasteiger partial charge in [-0.15, -0.1) is 0 Å². The van der Waals surface area contributed by atoms with Crippen LogP contribution in [0.15, 0.2) is 66.9 Å². The summed E-state index contributed by atoms with van der Waals surface area (Å²) in [4.78, 5) is 93.5. The lowest BCUT2D eigenvalue weighted by Crippen LogP contribution is -2.46. The van der Waals surface area contributed by atoms with Crippen molar-refractivity contribution in [1.82, 2.24) is 25.5 Å². The number of primary amides is 1. The molecule has 0 unspecified atom stereocenters. The number of carbonyl (C=O) groups is 6. The van der Waals surface area contributed by atoms with E-state index in [1.807, 2.05) is 30.3 Å². The summed E-state index contributed by atoms with van der Waals surface area (Å²) < 4.78 is 12.2. The summed E-state index contributed by atoms with van der Waals surface area (Å²) in [5, 5.41) is 14.6. The maximum Gasteiger partial charge on any atom is 0.312 e. The van der Waals surface area contributed by atoms with Crippen molar-refractivity contribution in [2.24, 2.45) is 29.0 Å². The Bertz CT molecular complexity index is 2540. The van der Waals surface area contributed by atoms with Crippen LogP contribution in [0.25, 0.3) is 22.5 Å². The van der Waals surface area contributed by atoms with E-state index in [1.165, 1.54) is 18.1 Å². The third-order valence-corrected chi connectivity index (χ3v) is 11.9. The molecule has 69 heavy (non-hydrogen) atoms. The molecular formula is C51H65N9O8S. The Labute approximate surface area is 410 Å². The van der Waals surface area contributed by atoms with Gasteiger partial charge in [0.2, 0.25) is 11.8 Å². The number of aromatic nitrogens is 2. The molecule has 368 valence electrons. The van der Waals surface area contributed by atoms with E-state index in [1.54, 1.807) is 50.2 Å². The van der Waals surface area contributed by atoms with Crippen LogP contribution in [-0.4, -0.2) is 96.0 Å². The van der Waals surface area contributed by atoms with E-state index in [-0.39, 0.29) is 102 Å². The second kappa shape index (κ2) is 25.1. The summed E-state index contributed by atoms with van der Waals surface area (Å²) in [6, 6.07) is 17.0. The van der Waals surface area contributed by atoms with Gasteiger partial charge >= 0.3 is 6.03 Å². The number of urea groups is 1. The van der Waals surface area contributed by atoms with Crippen molar-refractivity contribution in [2.45, 2.75) is 90.6 Å². The molecule has 0 aliphatic carbocycles. The number of ether oxygens (including phenoxy) is 2. The number of likely N-dealkylation sites (N-methyl/N-ethyl adjacent to an activating group) is 1. The van der Waals surface area contributed by atoms with Gasteiger partial charge in [0.15, 0.2) is 23.2 Å². The SMILES string of the molecule is Cc1nc(-c2ccc(C(C)(C)C)cc2)ncc1C(=O)C[C@@H](CCNC(N)=O)C(=O)N(C)[C@@H]1C(=O)C[C@@H](C)C(=O)N[C@H](C(=O)CCC#N)Cc2ccc(OCCN)c(c2)-c2cc1ccc2OCCN.S. The highest BCUT2D eigenvalue weighted by atomic mass is 32.1. The molecule has 1 aliphatic rings. The van der Waals surface area contributed by atoms with Crippen LogP contribution in [0.5, 0.6) is 11.5 Å². The highest BCUT2D eigenvalue weighted by molar-refractivity contribution is 7.59. The zero-order chi connectivity index (χ0) is 49.7. The number of benzene rings is 3. The van der Waals surface area contributed by atoms with Gasteiger partial charge in [-0.3, -0.25) is 24.0 Å². The van der Waals surface area contributed by atoms with Crippen molar-refractivity contribution in [1.29, 1.82) is 5.26 Å². The molecule has 0 fully saturated rings. The first kappa shape index (κ1) is 54.9. The van der Waals surface area contributed by atoms with Gasteiger partial charge in [-0.25, -0.2) is 14.8 Å². The molecule has 8 N–H and O–H groups in total. The van der Waals surface area contributed by atoms with Crippen molar-refractivity contribution in [3.63, 3.8) is 0 Å². The number of nitrogens with one attached hydrogen (secondary N) is 2. The van der Waals surface area contributed by atoms with Gasteiger partial charge in [0.1, 0.15) is 30.8 Å². The average Bonchev–Trinajstić information content (AvgIpc) is 3.30. The zero-order valence-electron chi connectivity index (χ0n) is 40.2. The average molecular weight is 964 g/mol. The monoisotopic (exact) mass is 963 g/mol. The largest absolute Gasteiger partial charge is 0.492 e. The lowest BCUT2D eigenvalue weighted by molar-refractivity contribution is -0.142. The molecule has 4 atom stereocenters. The number of nitrogens with two attached hydrogens (primary N) is 3. The van der Waals surface area contributed by atoms with Gasteiger partial charge in [0.05, 0.1) is 23.4 Å². The Balaban J connectivity index is 0.0000104. The first-order valence-electron chi connectivity index (χ1n) is 22.8. The number of amides is 4. The van der Waals surface area contributed by atoms with Crippen molar-refractivity contribution in [3.05, 3.63) is 94.8 Å². The number of nitriles is 1. The summed E-state index contributed by atoms with van der Waals surface area (Å²) in [6.07, 6.45) is 0.657. The second-order valence-electron chi connectivity index (χ2n) is 18.1. The molecule has 0 spiro atoms. The van der Waals surface area contributed by atoms with E-state index in [0.717, 1.165) is 11.1 Å². The van der Waals surface area contributed by atoms with Gasteiger partial charge in [-0.2, -0.15) is 18.8 Å². The van der Waals surface area contributed by atoms with Crippen LogP contribution < -0.4 is 37.3 Å². The Morgan fingerprint density at radius 3 is 2.19 bits per heavy atom. The van der Waals surface area contributed by atoms with Crippen LogP contribution in [0, 0.1) is 30.1 Å². The molecule has 0 radical (unpaired) electrons. The number of fused-ring (bicyclic) bond motifs is 5. The number of carbonyl (C=O) groups excluding carboxylic acids is 6. The number of nitrogens with zero attached hydrogens (tertiary/aromatic N) is 4. The maximum atomic E-state index is 14.9. The predicted molar refractivity (Wildman–Crippen MR) is 267 cm³/mol. The minimum Gasteiger partial charge on any atom is -0.492 e. The van der Waals surface area contributed by atoms with Crippen molar-refractivity contribution >= 4 is 48.7 Å². The fraction of sp³-hybridized carbons (Fsp3) is 0.431. The van der Waals surface area contributed by atoms with Gasteiger partial charge < -0.3 is 42.2 Å². The highest BCUT2D eigenvalue weighted by Crippen LogP contribution is 2.41. The van der Waals surface area contributed by atoms with E-state index in [9.17, 15) is 34.0 Å². The smallest absolute Gasteiger partial charge is 0.312 e. The van der Waals surface area contributed by atoms with E-state index in [2.05, 4.69) is 41.4 Å². The quantitative estimate of drug-likeness (QED) is 0.0808. The molecule has 2 heterocycles. The fourth-order valence-corrected chi connectivity index (χ4v) is 8.14. The molecule has 3 aromatic carbocycles. The summed E-state index contributed by atoms with van der Waals surface area (Å²) in [5.74, 6) is -3.30. The molecule has 1 aromatic heterocycles. The molecule has 4 aromatic rings. The minimum absolute atomic E-state index is 0. The van der Waals surface area contributed by atoms with Crippen LogP contribution >= 0.6 is 13.5 Å². The lowest BCUT2D eigenvalue weighted by atomic mass is 9.86. The highest BCUT2D eigenvalue weighted by Gasteiger charge is 2.36. The van der Waals surface area contributed by atoms with E-state index >= 15 is 0 Å². The standard InChI is InChI=1S/C51H63N9O8.H2S/c1-30-24-43(63)46(60(6)49(65)35(17-21-56-50(55)66)28-42(62)39-29-57-47(58-31(39)2)33-10-13-36(14-11-33)51(3,4)5)34-12-16-45(68-23-20-54)38(27-34)37-25-32(9-15-44(37)67-22-19-53)26-40(59-48(30)64)41(61)8-7-18-52;/h9-16,25,27,29-30,35,40,46H,7-8,17,19-24,26,28,53-54H2,1-6H3,(H,59,64)(H3,55,56,66);1H2/t30-,35-,40+,46+;/m1./s1. The van der Waals surface area contributed by atoms with Gasteiger partial charge in [-0.1, -0.05) is 64.1 Å². The summed E-state index contributed by atoms with van der Waals surface area (Å²) in [5.41, 5.74) is 21.6. The van der Waals surface area contributed by atoms with Crippen LogP contribution in [-0.2, 0) is 31.0 Å². The Hall–Kier alpha value is -6.68. The Morgan fingerprint density at radius 1 is 0.957 bits per heavy atom. The number of aryl methyl sites for hydroxylation is 1. The third kappa shape index (κ3) is 14.4. The van der Waals surface area contributed by atoms with Crippen molar-refractivity contribution < 1.29 is 38.2 Å². The summed E-state index contributed by atoms with van der Waals surface area (Å²) in [6.45, 7) is 10.2. The molecule has 18 heteroatoms. The number of rotatable bonds is 18. The van der Waals surface area contributed by atoms with Gasteiger partial charge in [-0.05, 0) is 66.1 Å². The molecule has 0 saturated heterocycles. The normalized spacial score (nSPS) is 16.4. The summed E-state index contributed by atoms with van der Waals surface area (Å²) >= 11 is 0. The Kier molecular flexibility index (Phi) is 20.0. The van der Waals surface area contributed by atoms with Crippen LogP contribution in [0.2, 0.25) is 0 Å². The minimum atomic E-state index is -1.32. The molecular weight excluding hydrogens is 899 g/mol. The van der Waals surface area contributed by atoms with Crippen molar-refractivity contribution in [3.8, 4) is 40.1 Å². The van der Waals surface area contributed by atoms with E-state index in [4.69, 9.17) is 26.7 Å². The zero-order valence-corrected chi connectivity index (χ0v) is 41.2. The van der Waals surface area contributed by atoms with Crippen LogP contribution in [0.4, 0.5) is 4.79 Å². The fourth-order valence-electron chi connectivity index (χ4n) is 8.14. The summed E-state index contributed by atoms with van der Waals surface area (Å²) in [7, 11) is 1.45. The Morgan fingerprint density at radius 2 is 1.59 bits per heavy atom. The predicted octanol–water partition coefficient (Wildman–Crippen LogP) is 5.16. The van der Waals surface area contributed by atoms with Gasteiger partial charge in [0.25, 0.3) is 0 Å². The number of hydrogen-bond acceptors (Lipinski definition) is 13. The first-order chi connectivity index (χ1) is 32.4. The van der Waals surface area contributed by atoms with E-state index < -0.39 is 53.3 Å². The molecule has 4 bridgehead atoms. The lowest BCUT2D eigenvalue weighted by Gasteiger charge is -2.32. The number of hydrogen-bond donors (Lipinski definition) is 5. The molecule has 0 saturated carbocycles. The first-order valence-corrected chi connectivity index (χ1v) is 22.8. The molecule has 5 rings (SSSR count). The molecule has 4 amide bonds. The number of ketones is 3. The van der Waals surface area contributed by atoms with Crippen LogP contribution in [0.1, 0.15) is 98.6 Å². The second-order valence-corrected chi connectivity index (χ2v) is 18.1. The molecule has 17 nitrogen and oxygen atoms in total. The molecule has 1 aliphatic heterocycles. The maximum absolute atomic E-state index is 14.9. The van der Waals surface area contributed by atoms with Crippen LogP contribution in [0.3, 0.4) is 0 Å². The van der Waals surface area contributed by atoms with E-state index in [0.29, 0.717) is 45.3 Å². The third-order valence-electron chi connectivity index (χ3n) is 11.9. The number of Topliss-reactive ketones (excluding diaryl/α,β-unsaturated/α-hetero) is 3.